The van der Waals surface area contributed by atoms with Crippen molar-refractivity contribution in [1.29, 1.82) is 0 Å². The third-order valence-electron chi connectivity index (χ3n) is 6.92. The number of aryl methyl sites for hydroxylation is 2. The maximum atomic E-state index is 13.2. The number of carbonyl (C=O) groups is 1. The van der Waals surface area contributed by atoms with Gasteiger partial charge in [0, 0.05) is 62.1 Å². The van der Waals surface area contributed by atoms with Crippen LogP contribution >= 0.6 is 0 Å². The molecule has 2 atom stereocenters. The van der Waals surface area contributed by atoms with E-state index in [1.54, 1.807) is 4.68 Å². The van der Waals surface area contributed by atoms with Gasteiger partial charge >= 0.3 is 0 Å². The fourth-order valence-electron chi connectivity index (χ4n) is 5.38. The molecule has 8 nitrogen and oxygen atoms in total. The van der Waals surface area contributed by atoms with Crippen molar-refractivity contribution in [3.05, 3.63) is 51.2 Å². The van der Waals surface area contributed by atoms with Gasteiger partial charge in [-0.3, -0.25) is 19.2 Å². The minimum Gasteiger partial charge on any atom is -0.379 e. The number of hydrogen-bond acceptors (Lipinski definition) is 5. The molecule has 2 aromatic rings. The normalized spacial score (nSPS) is 23.6. The summed E-state index contributed by atoms with van der Waals surface area (Å²) in [5.41, 5.74) is 4.02. The van der Waals surface area contributed by atoms with E-state index in [-0.39, 0.29) is 23.9 Å². The Hall–Kier alpha value is -2.45. The molecule has 0 radical (unpaired) electrons. The van der Waals surface area contributed by atoms with Gasteiger partial charge < -0.3 is 14.2 Å². The molecule has 3 aliphatic heterocycles. The van der Waals surface area contributed by atoms with Gasteiger partial charge in [0.05, 0.1) is 18.9 Å². The first-order valence-corrected chi connectivity index (χ1v) is 11.3. The summed E-state index contributed by atoms with van der Waals surface area (Å²) in [6.07, 6.45) is 1.05. The average molecular weight is 426 g/mol. The fourth-order valence-corrected chi connectivity index (χ4v) is 5.38. The highest BCUT2D eigenvalue weighted by atomic mass is 16.5. The highest BCUT2D eigenvalue weighted by Crippen LogP contribution is 2.35. The summed E-state index contributed by atoms with van der Waals surface area (Å²) in [6, 6.07) is 6.11. The molecule has 2 saturated heterocycles. The van der Waals surface area contributed by atoms with Crippen LogP contribution in [-0.4, -0.2) is 69.4 Å². The van der Waals surface area contributed by atoms with Crippen LogP contribution in [0.25, 0.3) is 0 Å². The summed E-state index contributed by atoms with van der Waals surface area (Å²) >= 11 is 0. The van der Waals surface area contributed by atoms with Gasteiger partial charge in [-0.05, 0) is 38.3 Å². The van der Waals surface area contributed by atoms with Crippen LogP contribution in [0.4, 0.5) is 0 Å². The van der Waals surface area contributed by atoms with Crippen molar-refractivity contribution in [3.8, 4) is 0 Å². The standard InChI is InChI=1S/C23H31N5O3/c1-16-9-17(2)28(24-16)15-22(29)26-11-18-10-20(14-26)21-4-3-19(23(30)27(21)12-18)13-25-5-7-31-8-6-25/h3-4,9,18,20H,5-8,10-15H2,1-2H3/t18-,20+/m0/s1. The zero-order valence-electron chi connectivity index (χ0n) is 18.4. The van der Waals surface area contributed by atoms with Gasteiger partial charge in [-0.1, -0.05) is 6.07 Å². The van der Waals surface area contributed by atoms with Crippen LogP contribution in [0.3, 0.4) is 0 Å². The van der Waals surface area contributed by atoms with Gasteiger partial charge in [-0.25, -0.2) is 0 Å². The predicted octanol–water partition coefficient (Wildman–Crippen LogP) is 1.14. The summed E-state index contributed by atoms with van der Waals surface area (Å²) in [6.45, 7) is 10.2. The lowest BCUT2D eigenvalue weighted by molar-refractivity contribution is -0.134. The Morgan fingerprint density at radius 2 is 1.97 bits per heavy atom. The van der Waals surface area contributed by atoms with Gasteiger partial charge in [-0.15, -0.1) is 0 Å². The highest BCUT2D eigenvalue weighted by Gasteiger charge is 2.36. The van der Waals surface area contributed by atoms with Crippen molar-refractivity contribution >= 4 is 5.91 Å². The Kier molecular flexibility index (Phi) is 5.44. The van der Waals surface area contributed by atoms with Crippen LogP contribution in [0.15, 0.2) is 23.0 Å². The second kappa shape index (κ2) is 8.24. The molecule has 2 aromatic heterocycles. The number of ether oxygens (including phenoxy) is 1. The highest BCUT2D eigenvalue weighted by molar-refractivity contribution is 5.76. The number of carbonyl (C=O) groups excluding carboxylic acids is 1. The molecule has 2 fully saturated rings. The van der Waals surface area contributed by atoms with E-state index >= 15 is 0 Å². The molecule has 0 spiro atoms. The van der Waals surface area contributed by atoms with E-state index in [1.165, 1.54) is 0 Å². The number of pyridine rings is 1. The Morgan fingerprint density at radius 1 is 1.16 bits per heavy atom. The maximum Gasteiger partial charge on any atom is 0.255 e. The molecule has 1 amide bonds. The van der Waals surface area contributed by atoms with Crippen molar-refractivity contribution in [2.75, 3.05) is 39.4 Å². The predicted molar refractivity (Wildman–Crippen MR) is 116 cm³/mol. The molecule has 31 heavy (non-hydrogen) atoms. The van der Waals surface area contributed by atoms with E-state index in [0.717, 1.165) is 55.4 Å². The summed E-state index contributed by atoms with van der Waals surface area (Å²) in [5, 5.41) is 4.43. The number of piperidine rings is 1. The molecular weight excluding hydrogens is 394 g/mol. The Labute approximate surface area is 182 Å². The van der Waals surface area contributed by atoms with Gasteiger partial charge in [0.1, 0.15) is 6.54 Å². The molecular formula is C23H31N5O3. The lowest BCUT2D eigenvalue weighted by atomic mass is 9.83. The number of aromatic nitrogens is 3. The quantitative estimate of drug-likeness (QED) is 0.735. The van der Waals surface area contributed by atoms with E-state index in [0.29, 0.717) is 32.1 Å². The minimum absolute atomic E-state index is 0.112. The lowest BCUT2D eigenvalue weighted by Gasteiger charge is -2.43. The van der Waals surface area contributed by atoms with Gasteiger partial charge in [0.25, 0.3) is 5.56 Å². The Morgan fingerprint density at radius 3 is 2.71 bits per heavy atom. The van der Waals surface area contributed by atoms with E-state index < -0.39 is 0 Å². The Balaban J connectivity index is 1.32. The lowest BCUT2D eigenvalue weighted by Crippen LogP contribution is -2.50. The number of nitrogens with zero attached hydrogens (tertiary/aromatic N) is 5. The molecule has 0 saturated carbocycles. The van der Waals surface area contributed by atoms with Crippen LogP contribution < -0.4 is 5.56 Å². The number of hydrogen-bond donors (Lipinski definition) is 0. The molecule has 3 aliphatic rings. The zero-order valence-corrected chi connectivity index (χ0v) is 18.4. The average Bonchev–Trinajstić information content (AvgIpc) is 3.07. The number of rotatable bonds is 4. The van der Waals surface area contributed by atoms with Crippen LogP contribution in [0.1, 0.15) is 35.0 Å². The zero-order chi connectivity index (χ0) is 21.5. The van der Waals surface area contributed by atoms with Crippen molar-refractivity contribution in [2.45, 2.75) is 45.8 Å². The summed E-state index contributed by atoms with van der Waals surface area (Å²) in [4.78, 5) is 30.5. The Bertz CT molecular complexity index is 1040. The summed E-state index contributed by atoms with van der Waals surface area (Å²) in [5.74, 6) is 0.662. The van der Waals surface area contributed by atoms with Crippen molar-refractivity contribution in [1.82, 2.24) is 24.1 Å². The molecule has 8 heteroatoms. The molecule has 166 valence electrons. The van der Waals surface area contributed by atoms with Gasteiger partial charge in [-0.2, -0.15) is 5.10 Å². The summed E-state index contributed by atoms with van der Waals surface area (Å²) < 4.78 is 9.19. The van der Waals surface area contributed by atoms with Crippen LogP contribution in [-0.2, 0) is 29.2 Å². The molecule has 0 aliphatic carbocycles. The first kappa shape index (κ1) is 20.5. The maximum absolute atomic E-state index is 13.2. The van der Waals surface area contributed by atoms with Gasteiger partial charge in [0.2, 0.25) is 5.91 Å². The van der Waals surface area contributed by atoms with Crippen LogP contribution in [0, 0.1) is 19.8 Å². The second-order valence-electron chi connectivity index (χ2n) is 9.27. The van der Waals surface area contributed by atoms with Crippen LogP contribution in [0.2, 0.25) is 0 Å². The van der Waals surface area contributed by atoms with Crippen molar-refractivity contribution in [3.63, 3.8) is 0 Å². The van der Waals surface area contributed by atoms with Gasteiger partial charge in [0.15, 0.2) is 0 Å². The number of likely N-dealkylation sites (tertiary alicyclic amines) is 1. The monoisotopic (exact) mass is 425 g/mol. The molecule has 0 aromatic carbocycles. The molecule has 0 N–H and O–H groups in total. The van der Waals surface area contributed by atoms with E-state index in [4.69, 9.17) is 4.74 Å². The second-order valence-corrected chi connectivity index (χ2v) is 9.27. The van der Waals surface area contributed by atoms with Crippen LogP contribution in [0.5, 0.6) is 0 Å². The van der Waals surface area contributed by atoms with Crippen molar-refractivity contribution < 1.29 is 9.53 Å². The fraction of sp³-hybridized carbons (Fsp3) is 0.609. The summed E-state index contributed by atoms with van der Waals surface area (Å²) in [7, 11) is 0. The molecule has 5 rings (SSSR count). The number of amides is 1. The SMILES string of the molecule is Cc1cc(C)n(CC(=O)N2C[C@@H]3C[C@H](C2)c2ccc(CN4CCOCC4)c(=O)n2C3)n1. The largest absolute Gasteiger partial charge is 0.379 e. The molecule has 5 heterocycles. The minimum atomic E-state index is 0.112. The topological polar surface area (TPSA) is 72.6 Å². The molecule has 2 bridgehead atoms. The number of morpholine rings is 1. The van der Waals surface area contributed by atoms with Crippen molar-refractivity contribution in [2.24, 2.45) is 5.92 Å². The van der Waals surface area contributed by atoms with E-state index in [2.05, 4.69) is 16.1 Å². The number of fused-ring (bicyclic) bond motifs is 4. The third-order valence-corrected chi connectivity index (χ3v) is 6.92. The molecule has 0 unspecified atom stereocenters. The van der Waals surface area contributed by atoms with E-state index in [1.807, 2.05) is 35.4 Å². The first-order valence-electron chi connectivity index (χ1n) is 11.3. The smallest absolute Gasteiger partial charge is 0.255 e. The first-order chi connectivity index (χ1) is 15.0. The van der Waals surface area contributed by atoms with E-state index in [9.17, 15) is 9.59 Å². The third kappa shape index (κ3) is 4.06.